The summed E-state index contributed by atoms with van der Waals surface area (Å²) in [6.45, 7) is 8.74. The van der Waals surface area contributed by atoms with Crippen molar-refractivity contribution in [2.24, 2.45) is 0 Å². The molecular formula is C17H24N4S. The summed E-state index contributed by atoms with van der Waals surface area (Å²) >= 11 is 1.81. The lowest BCUT2D eigenvalue weighted by Crippen LogP contribution is -2.22. The van der Waals surface area contributed by atoms with Gasteiger partial charge >= 0.3 is 0 Å². The van der Waals surface area contributed by atoms with Crippen LogP contribution >= 0.6 is 11.8 Å². The van der Waals surface area contributed by atoms with Gasteiger partial charge in [0.25, 0.3) is 0 Å². The van der Waals surface area contributed by atoms with Crippen LogP contribution in [-0.4, -0.2) is 33.1 Å². The summed E-state index contributed by atoms with van der Waals surface area (Å²) in [6, 6.07) is 8.64. The third kappa shape index (κ3) is 3.14. The molecule has 3 rings (SSSR count). The summed E-state index contributed by atoms with van der Waals surface area (Å²) in [5.41, 5.74) is 2.43. The first-order valence-corrected chi connectivity index (χ1v) is 9.01. The summed E-state index contributed by atoms with van der Waals surface area (Å²) in [7, 11) is 0. The Morgan fingerprint density at radius 2 is 1.82 bits per heavy atom. The monoisotopic (exact) mass is 316 g/mol. The molecule has 1 unspecified atom stereocenters. The van der Waals surface area contributed by atoms with E-state index in [2.05, 4.69) is 64.7 Å². The van der Waals surface area contributed by atoms with Gasteiger partial charge in [-0.05, 0) is 38.3 Å². The van der Waals surface area contributed by atoms with Crippen LogP contribution in [0.25, 0.3) is 5.69 Å². The molecule has 22 heavy (non-hydrogen) atoms. The summed E-state index contributed by atoms with van der Waals surface area (Å²) in [5.74, 6) is 0.993. The van der Waals surface area contributed by atoms with Crippen molar-refractivity contribution in [1.82, 2.24) is 14.8 Å². The van der Waals surface area contributed by atoms with Gasteiger partial charge in [0.15, 0.2) is 5.16 Å². The van der Waals surface area contributed by atoms with Gasteiger partial charge in [0, 0.05) is 18.3 Å². The van der Waals surface area contributed by atoms with Gasteiger partial charge in [0.1, 0.15) is 0 Å². The Balaban J connectivity index is 2.01. The van der Waals surface area contributed by atoms with Crippen LogP contribution < -0.4 is 4.90 Å². The number of aryl methyl sites for hydroxylation is 1. The molecule has 1 fully saturated rings. The molecule has 118 valence electrons. The Bertz CT molecular complexity index is 614. The molecule has 1 atom stereocenters. The molecule has 1 aliphatic heterocycles. The maximum Gasteiger partial charge on any atom is 0.232 e. The standard InChI is InChI=1S/C17H24N4S/c1-4-14(3)22-17-19-18-16(20-11-5-6-12-20)21(17)15-9-7-13(2)8-10-15/h7-10,14H,4-6,11-12H2,1-3H3. The Labute approximate surface area is 136 Å². The van der Waals surface area contributed by atoms with E-state index in [1.165, 1.54) is 18.4 Å². The zero-order valence-electron chi connectivity index (χ0n) is 13.6. The van der Waals surface area contributed by atoms with Gasteiger partial charge in [-0.2, -0.15) is 0 Å². The Hall–Kier alpha value is -1.49. The lowest BCUT2D eigenvalue weighted by atomic mass is 10.2. The molecule has 1 aliphatic rings. The van der Waals surface area contributed by atoms with Gasteiger partial charge in [-0.1, -0.05) is 43.3 Å². The molecule has 0 amide bonds. The largest absolute Gasteiger partial charge is 0.341 e. The van der Waals surface area contributed by atoms with Crippen molar-refractivity contribution in [1.29, 1.82) is 0 Å². The third-order valence-corrected chi connectivity index (χ3v) is 5.39. The smallest absolute Gasteiger partial charge is 0.232 e. The van der Waals surface area contributed by atoms with E-state index >= 15 is 0 Å². The minimum atomic E-state index is 0.542. The van der Waals surface area contributed by atoms with E-state index in [0.717, 1.165) is 36.3 Å². The first-order valence-electron chi connectivity index (χ1n) is 8.13. The van der Waals surface area contributed by atoms with Crippen LogP contribution in [0.2, 0.25) is 0 Å². The topological polar surface area (TPSA) is 34.0 Å². The first-order chi connectivity index (χ1) is 10.7. The number of rotatable bonds is 5. The van der Waals surface area contributed by atoms with Crippen molar-refractivity contribution in [3.05, 3.63) is 29.8 Å². The van der Waals surface area contributed by atoms with E-state index in [4.69, 9.17) is 0 Å². The van der Waals surface area contributed by atoms with E-state index in [9.17, 15) is 0 Å². The fourth-order valence-corrected chi connectivity index (χ4v) is 3.55. The number of thioether (sulfide) groups is 1. The molecule has 2 heterocycles. The van der Waals surface area contributed by atoms with Crippen LogP contribution in [-0.2, 0) is 0 Å². The molecule has 0 aliphatic carbocycles. The summed E-state index contributed by atoms with van der Waals surface area (Å²) in [4.78, 5) is 2.35. The highest BCUT2D eigenvalue weighted by Crippen LogP contribution is 2.31. The van der Waals surface area contributed by atoms with Gasteiger partial charge < -0.3 is 4.90 Å². The van der Waals surface area contributed by atoms with Crippen LogP contribution in [0.5, 0.6) is 0 Å². The number of anilines is 1. The number of nitrogens with zero attached hydrogens (tertiary/aromatic N) is 4. The van der Waals surface area contributed by atoms with E-state index in [1.54, 1.807) is 0 Å². The fraction of sp³-hybridized carbons (Fsp3) is 0.529. The second kappa shape index (κ2) is 6.73. The molecule has 0 radical (unpaired) electrons. The SMILES string of the molecule is CCC(C)Sc1nnc(N2CCCC2)n1-c1ccc(C)cc1. The summed E-state index contributed by atoms with van der Waals surface area (Å²) in [5, 5.41) is 10.5. The van der Waals surface area contributed by atoms with Crippen LogP contribution in [0.4, 0.5) is 5.95 Å². The van der Waals surface area contributed by atoms with Crippen LogP contribution in [0.1, 0.15) is 38.7 Å². The van der Waals surface area contributed by atoms with E-state index in [0.29, 0.717) is 5.25 Å². The Kier molecular flexibility index (Phi) is 4.71. The van der Waals surface area contributed by atoms with Crippen molar-refractivity contribution in [3.63, 3.8) is 0 Å². The van der Waals surface area contributed by atoms with E-state index in [1.807, 2.05) is 11.8 Å². The molecular weight excluding hydrogens is 292 g/mol. The number of benzene rings is 1. The highest BCUT2D eigenvalue weighted by molar-refractivity contribution is 7.99. The average molecular weight is 316 g/mol. The van der Waals surface area contributed by atoms with E-state index in [-0.39, 0.29) is 0 Å². The molecule has 1 aromatic carbocycles. The normalized spacial score (nSPS) is 16.2. The predicted molar refractivity (Wildman–Crippen MR) is 93.2 cm³/mol. The maximum absolute atomic E-state index is 4.50. The molecule has 0 N–H and O–H groups in total. The van der Waals surface area contributed by atoms with Crippen molar-refractivity contribution in [3.8, 4) is 5.69 Å². The second-order valence-electron chi connectivity index (χ2n) is 5.98. The predicted octanol–water partition coefficient (Wildman–Crippen LogP) is 4.07. The number of hydrogen-bond acceptors (Lipinski definition) is 4. The fourth-order valence-electron chi connectivity index (χ4n) is 2.64. The van der Waals surface area contributed by atoms with Crippen molar-refractivity contribution >= 4 is 17.7 Å². The highest BCUT2D eigenvalue weighted by Gasteiger charge is 2.23. The molecule has 0 bridgehead atoms. The summed E-state index contributed by atoms with van der Waals surface area (Å²) in [6.07, 6.45) is 3.62. The maximum atomic E-state index is 4.50. The van der Waals surface area contributed by atoms with Gasteiger partial charge in [-0.15, -0.1) is 10.2 Å². The van der Waals surface area contributed by atoms with Crippen LogP contribution in [0.3, 0.4) is 0 Å². The second-order valence-corrected chi connectivity index (χ2v) is 7.39. The highest BCUT2D eigenvalue weighted by atomic mass is 32.2. The van der Waals surface area contributed by atoms with Crippen LogP contribution in [0.15, 0.2) is 29.4 Å². The Morgan fingerprint density at radius 1 is 1.14 bits per heavy atom. The Morgan fingerprint density at radius 3 is 2.45 bits per heavy atom. The molecule has 1 aromatic heterocycles. The number of aromatic nitrogens is 3. The van der Waals surface area contributed by atoms with Crippen molar-refractivity contribution in [2.45, 2.75) is 50.4 Å². The molecule has 0 spiro atoms. The van der Waals surface area contributed by atoms with E-state index < -0.39 is 0 Å². The quantitative estimate of drug-likeness (QED) is 0.779. The first kappa shape index (κ1) is 15.4. The molecule has 4 nitrogen and oxygen atoms in total. The van der Waals surface area contributed by atoms with Crippen molar-refractivity contribution in [2.75, 3.05) is 18.0 Å². The molecule has 0 saturated carbocycles. The lowest BCUT2D eigenvalue weighted by Gasteiger charge is -2.19. The molecule has 1 saturated heterocycles. The van der Waals surface area contributed by atoms with Gasteiger partial charge in [0.05, 0.1) is 5.69 Å². The molecule has 5 heteroatoms. The van der Waals surface area contributed by atoms with Crippen molar-refractivity contribution < 1.29 is 0 Å². The van der Waals surface area contributed by atoms with Gasteiger partial charge in [-0.3, -0.25) is 4.57 Å². The minimum Gasteiger partial charge on any atom is -0.341 e. The lowest BCUT2D eigenvalue weighted by molar-refractivity contribution is 0.830. The van der Waals surface area contributed by atoms with Gasteiger partial charge in [-0.25, -0.2) is 0 Å². The third-order valence-electron chi connectivity index (χ3n) is 4.18. The average Bonchev–Trinajstić information content (AvgIpc) is 3.17. The van der Waals surface area contributed by atoms with Gasteiger partial charge in [0.2, 0.25) is 5.95 Å². The zero-order chi connectivity index (χ0) is 15.5. The summed E-state index contributed by atoms with van der Waals surface area (Å²) < 4.78 is 2.22. The van der Waals surface area contributed by atoms with Crippen LogP contribution in [0, 0.1) is 6.92 Å². The number of hydrogen-bond donors (Lipinski definition) is 0. The molecule has 2 aromatic rings. The minimum absolute atomic E-state index is 0.542. The zero-order valence-corrected chi connectivity index (χ0v) is 14.4.